The highest BCUT2D eigenvalue weighted by molar-refractivity contribution is 6.01. The Hall–Kier alpha value is -2.27. The number of likely N-dealkylation sites (tertiary alicyclic amines) is 1. The van der Waals surface area contributed by atoms with E-state index in [9.17, 15) is 0 Å². The largest absolute Gasteiger partial charge is 0.387 e. The van der Waals surface area contributed by atoms with Crippen molar-refractivity contribution in [2.75, 3.05) is 13.1 Å². The molecular weight excluding hydrogens is 288 g/mol. The minimum absolute atomic E-state index is 0.175. The van der Waals surface area contributed by atoms with E-state index in [0.717, 1.165) is 50.2 Å². The molecule has 4 rings (SSSR count). The molecule has 2 aliphatic rings. The van der Waals surface area contributed by atoms with Crippen molar-refractivity contribution in [3.63, 3.8) is 0 Å². The molecule has 5 nitrogen and oxygen atoms in total. The molecule has 5 heteroatoms. The third-order valence-corrected chi connectivity index (χ3v) is 4.58. The summed E-state index contributed by atoms with van der Waals surface area (Å²) >= 11 is 0. The third-order valence-electron chi connectivity index (χ3n) is 4.58. The number of pyridine rings is 2. The maximum Gasteiger partial charge on any atom is 0.156 e. The van der Waals surface area contributed by atoms with E-state index in [-0.39, 0.29) is 5.60 Å². The molecule has 0 aliphatic carbocycles. The molecule has 0 bridgehead atoms. The minimum atomic E-state index is -0.175. The molecule has 2 aliphatic heterocycles. The fourth-order valence-corrected chi connectivity index (χ4v) is 3.50. The van der Waals surface area contributed by atoms with E-state index in [1.54, 1.807) is 6.20 Å². The molecule has 1 spiro atoms. The molecule has 0 amide bonds. The van der Waals surface area contributed by atoms with Crippen LogP contribution in [0.5, 0.6) is 0 Å². The van der Waals surface area contributed by atoms with Crippen LogP contribution in [0.15, 0.2) is 54.2 Å². The summed E-state index contributed by atoms with van der Waals surface area (Å²) in [6.07, 6.45) is 10.5. The van der Waals surface area contributed by atoms with Gasteiger partial charge in [0.1, 0.15) is 0 Å². The first-order valence-corrected chi connectivity index (χ1v) is 8.10. The van der Waals surface area contributed by atoms with Crippen LogP contribution in [0.1, 0.15) is 30.4 Å². The summed E-state index contributed by atoms with van der Waals surface area (Å²) in [5.41, 5.74) is 3.15. The van der Waals surface area contributed by atoms with Crippen LogP contribution in [-0.2, 0) is 11.4 Å². The van der Waals surface area contributed by atoms with Crippen LogP contribution in [0.4, 0.5) is 0 Å². The molecule has 4 heterocycles. The van der Waals surface area contributed by atoms with E-state index in [1.807, 2.05) is 36.8 Å². The molecule has 1 saturated heterocycles. The summed E-state index contributed by atoms with van der Waals surface area (Å²) in [4.78, 5) is 16.7. The summed E-state index contributed by atoms with van der Waals surface area (Å²) in [7, 11) is 0. The lowest BCUT2D eigenvalue weighted by Crippen LogP contribution is -2.47. The van der Waals surface area contributed by atoms with Crippen LogP contribution in [0.3, 0.4) is 0 Å². The zero-order valence-corrected chi connectivity index (χ0v) is 13.1. The molecule has 2 aromatic rings. The predicted octanol–water partition coefficient (Wildman–Crippen LogP) is 2.64. The van der Waals surface area contributed by atoms with E-state index in [1.165, 1.54) is 5.56 Å². The predicted molar refractivity (Wildman–Crippen MR) is 88.0 cm³/mol. The van der Waals surface area contributed by atoms with Crippen LogP contribution in [0.2, 0.25) is 0 Å². The van der Waals surface area contributed by atoms with Crippen LogP contribution >= 0.6 is 0 Å². The molecule has 1 fully saturated rings. The fraction of sp³-hybridized carbons (Fsp3) is 0.389. The molecule has 0 saturated carbocycles. The standard InChI is InChI=1S/C18H20N4O/c1-4-15(11-19-7-1)13-22-9-3-6-18(14-22)10-17(21-23-18)16-5-2-8-20-12-16/h1-2,4-5,7-8,11-12H,3,6,9-10,13-14H2. The SMILES string of the molecule is c1cncc(CN2CCCC3(CC(c4cccnc4)=NO3)C2)c1. The van der Waals surface area contributed by atoms with Crippen molar-refractivity contribution >= 4 is 5.71 Å². The molecular formula is C18H20N4O. The second-order valence-electron chi connectivity index (χ2n) is 6.41. The Morgan fingerprint density at radius 1 is 1.13 bits per heavy atom. The number of hydrogen-bond acceptors (Lipinski definition) is 5. The van der Waals surface area contributed by atoms with Gasteiger partial charge >= 0.3 is 0 Å². The van der Waals surface area contributed by atoms with Crippen LogP contribution < -0.4 is 0 Å². The van der Waals surface area contributed by atoms with Crippen molar-refractivity contribution in [2.24, 2.45) is 5.16 Å². The zero-order valence-electron chi connectivity index (χ0n) is 13.1. The number of hydrogen-bond donors (Lipinski definition) is 0. The molecule has 23 heavy (non-hydrogen) atoms. The van der Waals surface area contributed by atoms with Gasteiger partial charge in [0.25, 0.3) is 0 Å². The number of oxime groups is 1. The Morgan fingerprint density at radius 3 is 2.78 bits per heavy atom. The topological polar surface area (TPSA) is 50.6 Å². The minimum Gasteiger partial charge on any atom is -0.387 e. The van der Waals surface area contributed by atoms with E-state index in [0.29, 0.717) is 0 Å². The Bertz CT molecular complexity index is 689. The monoisotopic (exact) mass is 308 g/mol. The molecule has 118 valence electrons. The van der Waals surface area contributed by atoms with Gasteiger partial charge in [-0.15, -0.1) is 0 Å². The van der Waals surface area contributed by atoms with E-state index in [4.69, 9.17) is 4.84 Å². The van der Waals surface area contributed by atoms with Crippen molar-refractivity contribution in [3.05, 3.63) is 60.2 Å². The van der Waals surface area contributed by atoms with Gasteiger partial charge in [-0.05, 0) is 43.1 Å². The van der Waals surface area contributed by atoms with Crippen LogP contribution in [-0.4, -0.2) is 39.3 Å². The van der Waals surface area contributed by atoms with Gasteiger partial charge in [0.2, 0.25) is 0 Å². The van der Waals surface area contributed by atoms with Crippen LogP contribution in [0, 0.1) is 0 Å². The molecule has 0 aromatic carbocycles. The van der Waals surface area contributed by atoms with Gasteiger partial charge in [-0.1, -0.05) is 11.2 Å². The summed E-state index contributed by atoms with van der Waals surface area (Å²) in [5, 5.41) is 4.36. The first-order valence-electron chi connectivity index (χ1n) is 8.10. The van der Waals surface area contributed by atoms with Gasteiger partial charge in [0, 0.05) is 49.9 Å². The van der Waals surface area contributed by atoms with Gasteiger partial charge in [0.05, 0.1) is 5.71 Å². The Morgan fingerprint density at radius 2 is 2.00 bits per heavy atom. The van der Waals surface area contributed by atoms with E-state index >= 15 is 0 Å². The average Bonchev–Trinajstić information content (AvgIpc) is 3.00. The highest BCUT2D eigenvalue weighted by Crippen LogP contribution is 2.35. The lowest BCUT2D eigenvalue weighted by atomic mass is 9.87. The number of piperidine rings is 1. The lowest BCUT2D eigenvalue weighted by Gasteiger charge is -2.38. The lowest BCUT2D eigenvalue weighted by molar-refractivity contribution is -0.0704. The Balaban J connectivity index is 1.44. The maximum absolute atomic E-state index is 5.92. The fourth-order valence-electron chi connectivity index (χ4n) is 3.50. The van der Waals surface area contributed by atoms with Crippen LogP contribution in [0.25, 0.3) is 0 Å². The van der Waals surface area contributed by atoms with Crippen molar-refractivity contribution in [3.8, 4) is 0 Å². The Labute approximate surface area is 136 Å². The number of rotatable bonds is 3. The molecule has 1 unspecified atom stereocenters. The molecule has 0 radical (unpaired) electrons. The highest BCUT2D eigenvalue weighted by atomic mass is 16.7. The molecule has 1 atom stereocenters. The molecule has 2 aromatic heterocycles. The van der Waals surface area contributed by atoms with Crippen molar-refractivity contribution < 1.29 is 4.84 Å². The van der Waals surface area contributed by atoms with Crippen molar-refractivity contribution in [1.82, 2.24) is 14.9 Å². The summed E-state index contributed by atoms with van der Waals surface area (Å²) < 4.78 is 0. The first-order chi connectivity index (χ1) is 11.3. The highest BCUT2D eigenvalue weighted by Gasteiger charge is 2.43. The quantitative estimate of drug-likeness (QED) is 0.874. The van der Waals surface area contributed by atoms with E-state index < -0.39 is 0 Å². The molecule has 0 N–H and O–H groups in total. The normalized spacial score (nSPS) is 24.4. The van der Waals surface area contributed by atoms with Crippen molar-refractivity contribution in [1.29, 1.82) is 0 Å². The maximum atomic E-state index is 5.92. The first kappa shape index (κ1) is 14.3. The summed E-state index contributed by atoms with van der Waals surface area (Å²) in [5.74, 6) is 0. The third kappa shape index (κ3) is 3.10. The second-order valence-corrected chi connectivity index (χ2v) is 6.41. The van der Waals surface area contributed by atoms with Gasteiger partial charge in [-0.2, -0.15) is 0 Å². The summed E-state index contributed by atoms with van der Waals surface area (Å²) in [6, 6.07) is 8.11. The number of nitrogens with zero attached hydrogens (tertiary/aromatic N) is 4. The van der Waals surface area contributed by atoms with Gasteiger partial charge in [0.15, 0.2) is 5.60 Å². The smallest absolute Gasteiger partial charge is 0.156 e. The second kappa shape index (κ2) is 6.08. The van der Waals surface area contributed by atoms with Gasteiger partial charge in [-0.3, -0.25) is 14.9 Å². The van der Waals surface area contributed by atoms with E-state index in [2.05, 4.69) is 26.1 Å². The number of aromatic nitrogens is 2. The van der Waals surface area contributed by atoms with Gasteiger partial charge in [-0.25, -0.2) is 0 Å². The van der Waals surface area contributed by atoms with Crippen molar-refractivity contribution in [2.45, 2.75) is 31.4 Å². The Kier molecular flexibility index (Phi) is 3.79. The van der Waals surface area contributed by atoms with Gasteiger partial charge < -0.3 is 4.84 Å². The zero-order chi connectivity index (χ0) is 15.5. The average molecular weight is 308 g/mol. The summed E-state index contributed by atoms with van der Waals surface area (Å²) in [6.45, 7) is 2.93.